The van der Waals surface area contributed by atoms with Crippen LogP contribution < -0.4 is 5.32 Å². The van der Waals surface area contributed by atoms with Crippen molar-refractivity contribution in [3.05, 3.63) is 22.5 Å². The number of nitrogens with zero attached hydrogens (tertiary/aromatic N) is 3. The van der Waals surface area contributed by atoms with E-state index in [1.54, 1.807) is 13.8 Å². The zero-order valence-electron chi connectivity index (χ0n) is 11.1. The number of carbonyl (C=O) groups excluding carboxylic acids is 1. The Labute approximate surface area is 114 Å². The number of rotatable bonds is 7. The highest BCUT2D eigenvalue weighted by molar-refractivity contribution is 5.83. The van der Waals surface area contributed by atoms with Gasteiger partial charge in [-0.15, -0.1) is 0 Å². The summed E-state index contributed by atoms with van der Waals surface area (Å²) in [6.07, 6.45) is 2.30. The summed E-state index contributed by atoms with van der Waals surface area (Å²) in [5.41, 5.74) is -0.156. The van der Waals surface area contributed by atoms with E-state index in [9.17, 15) is 19.7 Å². The molecule has 1 aromatic heterocycles. The summed E-state index contributed by atoms with van der Waals surface area (Å²) in [4.78, 5) is 32.4. The lowest BCUT2D eigenvalue weighted by atomic mass is 10.0. The first kappa shape index (κ1) is 15.6. The van der Waals surface area contributed by atoms with E-state index in [1.165, 1.54) is 10.9 Å². The van der Waals surface area contributed by atoms with E-state index < -0.39 is 22.8 Å². The lowest BCUT2D eigenvalue weighted by Crippen LogP contribution is -2.44. The minimum atomic E-state index is -1.09. The fourth-order valence-corrected chi connectivity index (χ4v) is 1.54. The maximum atomic E-state index is 11.6. The first-order valence-corrected chi connectivity index (χ1v) is 6.00. The molecule has 0 spiro atoms. The first-order valence-electron chi connectivity index (χ1n) is 6.00. The number of hydrogen-bond donors (Lipinski definition) is 2. The Kier molecular flexibility index (Phi) is 5.18. The minimum Gasteiger partial charge on any atom is -0.480 e. The fourth-order valence-electron chi connectivity index (χ4n) is 1.54. The Bertz CT molecular complexity index is 511. The summed E-state index contributed by atoms with van der Waals surface area (Å²) in [5, 5.41) is 25.5. The highest BCUT2D eigenvalue weighted by atomic mass is 16.6. The number of hydrogen-bond acceptors (Lipinski definition) is 5. The molecule has 9 nitrogen and oxygen atoms in total. The van der Waals surface area contributed by atoms with Crippen molar-refractivity contribution in [2.24, 2.45) is 5.92 Å². The van der Waals surface area contributed by atoms with Crippen molar-refractivity contribution in [3.8, 4) is 0 Å². The number of amides is 1. The number of aromatic nitrogens is 2. The number of carboxylic acid groups (broad SMARTS) is 1. The normalized spacial score (nSPS) is 12.2. The van der Waals surface area contributed by atoms with Gasteiger partial charge in [-0.1, -0.05) is 13.8 Å². The molecule has 9 heteroatoms. The smallest absolute Gasteiger partial charge is 0.326 e. The maximum absolute atomic E-state index is 11.6. The number of carboxylic acids is 1. The Morgan fingerprint density at radius 2 is 2.20 bits per heavy atom. The second-order valence-corrected chi connectivity index (χ2v) is 4.60. The minimum absolute atomic E-state index is 0.00463. The van der Waals surface area contributed by atoms with Gasteiger partial charge in [0.2, 0.25) is 5.91 Å². The topological polar surface area (TPSA) is 127 Å². The molecule has 0 aliphatic rings. The van der Waals surface area contributed by atoms with Crippen LogP contribution in [-0.4, -0.2) is 37.7 Å². The molecule has 1 atom stereocenters. The number of nitro groups is 1. The van der Waals surface area contributed by atoms with Crippen LogP contribution in [0.1, 0.15) is 20.3 Å². The van der Waals surface area contributed by atoms with Crippen LogP contribution in [0.3, 0.4) is 0 Å². The van der Waals surface area contributed by atoms with E-state index >= 15 is 0 Å². The maximum Gasteiger partial charge on any atom is 0.326 e. The van der Waals surface area contributed by atoms with E-state index in [4.69, 9.17) is 5.11 Å². The predicted octanol–water partition coefficient (Wildman–Crippen LogP) is 0.407. The number of carbonyl (C=O) groups is 2. The first-order chi connectivity index (χ1) is 9.31. The molecular weight excluding hydrogens is 268 g/mol. The molecule has 1 amide bonds. The second kappa shape index (κ2) is 6.64. The number of nitrogens with one attached hydrogen (secondary N) is 1. The SMILES string of the molecule is CC(C)[C@@H](NC(=O)CCn1cc([N+](=O)[O-])cn1)C(=O)O. The third-order valence-corrected chi connectivity index (χ3v) is 2.65. The zero-order chi connectivity index (χ0) is 15.3. The molecule has 0 unspecified atom stereocenters. The second-order valence-electron chi connectivity index (χ2n) is 4.60. The number of aryl methyl sites for hydroxylation is 1. The molecule has 0 aliphatic carbocycles. The van der Waals surface area contributed by atoms with Crippen LogP contribution in [0.2, 0.25) is 0 Å². The highest BCUT2D eigenvalue weighted by Crippen LogP contribution is 2.08. The summed E-state index contributed by atoms with van der Waals surface area (Å²) in [6, 6.07) is -0.950. The van der Waals surface area contributed by atoms with Crippen LogP contribution in [0.5, 0.6) is 0 Å². The van der Waals surface area contributed by atoms with Gasteiger partial charge in [0.25, 0.3) is 0 Å². The summed E-state index contributed by atoms with van der Waals surface area (Å²) in [6.45, 7) is 3.52. The molecular formula is C11H16N4O5. The summed E-state index contributed by atoms with van der Waals surface area (Å²) in [5.74, 6) is -1.77. The van der Waals surface area contributed by atoms with Crippen molar-refractivity contribution in [1.82, 2.24) is 15.1 Å². The zero-order valence-corrected chi connectivity index (χ0v) is 11.1. The molecule has 0 saturated carbocycles. The highest BCUT2D eigenvalue weighted by Gasteiger charge is 2.23. The van der Waals surface area contributed by atoms with E-state index in [1.807, 2.05) is 0 Å². The predicted molar refractivity (Wildman–Crippen MR) is 67.9 cm³/mol. The lowest BCUT2D eigenvalue weighted by Gasteiger charge is -2.17. The molecule has 1 rings (SSSR count). The summed E-state index contributed by atoms with van der Waals surface area (Å²) < 4.78 is 1.27. The van der Waals surface area contributed by atoms with Gasteiger partial charge >= 0.3 is 11.7 Å². The van der Waals surface area contributed by atoms with Crippen molar-refractivity contribution in [1.29, 1.82) is 0 Å². The Morgan fingerprint density at radius 1 is 1.55 bits per heavy atom. The molecule has 1 heterocycles. The van der Waals surface area contributed by atoms with Gasteiger partial charge in [-0.3, -0.25) is 19.6 Å². The number of aliphatic carboxylic acids is 1. The van der Waals surface area contributed by atoms with Gasteiger partial charge in [0.15, 0.2) is 0 Å². The van der Waals surface area contributed by atoms with Crippen molar-refractivity contribution < 1.29 is 19.6 Å². The van der Waals surface area contributed by atoms with Gasteiger partial charge in [-0.25, -0.2) is 4.79 Å². The molecule has 20 heavy (non-hydrogen) atoms. The van der Waals surface area contributed by atoms with Crippen LogP contribution in [-0.2, 0) is 16.1 Å². The third kappa shape index (κ3) is 4.34. The van der Waals surface area contributed by atoms with Gasteiger partial charge in [0.05, 0.1) is 4.92 Å². The van der Waals surface area contributed by atoms with E-state index in [0.717, 1.165) is 6.20 Å². The van der Waals surface area contributed by atoms with E-state index in [0.29, 0.717) is 0 Å². The molecule has 0 fully saturated rings. The molecule has 2 N–H and O–H groups in total. The summed E-state index contributed by atoms with van der Waals surface area (Å²) in [7, 11) is 0. The Balaban J connectivity index is 2.50. The van der Waals surface area contributed by atoms with Crippen LogP contribution in [0, 0.1) is 16.0 Å². The van der Waals surface area contributed by atoms with Gasteiger partial charge in [0, 0.05) is 13.0 Å². The summed E-state index contributed by atoms with van der Waals surface area (Å²) >= 11 is 0. The van der Waals surface area contributed by atoms with Crippen LogP contribution in [0.15, 0.2) is 12.4 Å². The van der Waals surface area contributed by atoms with Crippen molar-refractivity contribution in [2.75, 3.05) is 0 Å². The molecule has 0 radical (unpaired) electrons. The van der Waals surface area contributed by atoms with Crippen molar-refractivity contribution in [3.63, 3.8) is 0 Å². The van der Waals surface area contributed by atoms with Crippen LogP contribution in [0.25, 0.3) is 0 Å². The van der Waals surface area contributed by atoms with Gasteiger partial charge in [-0.05, 0) is 5.92 Å². The van der Waals surface area contributed by atoms with Gasteiger partial charge in [-0.2, -0.15) is 5.10 Å². The standard InChI is InChI=1S/C11H16N4O5/c1-7(2)10(11(17)18)13-9(16)3-4-14-6-8(5-12-14)15(19)20/h5-7,10H,3-4H2,1-2H3,(H,13,16)(H,17,18)/t10-/m1/s1. The monoisotopic (exact) mass is 284 g/mol. The fraction of sp³-hybridized carbons (Fsp3) is 0.545. The molecule has 1 aromatic rings. The molecule has 0 aliphatic heterocycles. The average Bonchev–Trinajstić information content (AvgIpc) is 2.81. The molecule has 0 aromatic carbocycles. The van der Waals surface area contributed by atoms with Gasteiger partial charge < -0.3 is 10.4 Å². The Hall–Kier alpha value is -2.45. The van der Waals surface area contributed by atoms with Crippen LogP contribution in [0.4, 0.5) is 5.69 Å². The third-order valence-electron chi connectivity index (χ3n) is 2.65. The average molecular weight is 284 g/mol. The van der Waals surface area contributed by atoms with Crippen molar-refractivity contribution >= 4 is 17.6 Å². The van der Waals surface area contributed by atoms with Crippen molar-refractivity contribution in [2.45, 2.75) is 32.9 Å². The van der Waals surface area contributed by atoms with E-state index in [2.05, 4.69) is 10.4 Å². The molecule has 0 saturated heterocycles. The Morgan fingerprint density at radius 3 is 2.65 bits per heavy atom. The molecule has 110 valence electrons. The van der Waals surface area contributed by atoms with Crippen LogP contribution >= 0.6 is 0 Å². The van der Waals surface area contributed by atoms with Gasteiger partial charge in [0.1, 0.15) is 18.4 Å². The quantitative estimate of drug-likeness (QED) is 0.551. The molecule has 0 bridgehead atoms. The largest absolute Gasteiger partial charge is 0.480 e. The lowest BCUT2D eigenvalue weighted by molar-refractivity contribution is -0.385. The van der Waals surface area contributed by atoms with E-state index in [-0.39, 0.29) is 24.6 Å².